The van der Waals surface area contributed by atoms with Crippen molar-refractivity contribution in [1.82, 2.24) is 4.90 Å². The van der Waals surface area contributed by atoms with Crippen molar-refractivity contribution in [1.29, 1.82) is 0 Å². The van der Waals surface area contributed by atoms with Crippen molar-refractivity contribution in [3.05, 3.63) is 65.2 Å². The van der Waals surface area contributed by atoms with Crippen LogP contribution in [-0.2, 0) is 19.3 Å². The fourth-order valence-electron chi connectivity index (χ4n) is 2.81. The highest BCUT2D eigenvalue weighted by Gasteiger charge is 2.31. The molecule has 122 valence electrons. The zero-order valence-electron chi connectivity index (χ0n) is 12.5. The summed E-state index contributed by atoms with van der Waals surface area (Å²) in [5.74, 6) is 0. The lowest BCUT2D eigenvalue weighted by atomic mass is 10.1. The first-order chi connectivity index (χ1) is 10.9. The van der Waals surface area contributed by atoms with Crippen LogP contribution in [0.2, 0.25) is 0 Å². The SMILES string of the molecule is CN1c2ccccc2CN(Cc2ccc(C(F)(F)F)cc2)C1F. The molecule has 0 amide bonds. The highest BCUT2D eigenvalue weighted by Crippen LogP contribution is 2.32. The lowest BCUT2D eigenvalue weighted by Gasteiger charge is -2.39. The Morgan fingerprint density at radius 3 is 2.35 bits per heavy atom. The van der Waals surface area contributed by atoms with Gasteiger partial charge >= 0.3 is 6.18 Å². The summed E-state index contributed by atoms with van der Waals surface area (Å²) in [5, 5.41) is 0. The number of alkyl halides is 4. The number of anilines is 1. The Morgan fingerprint density at radius 1 is 1.04 bits per heavy atom. The number of halogens is 4. The molecule has 1 aliphatic rings. The molecule has 0 N–H and O–H groups in total. The summed E-state index contributed by atoms with van der Waals surface area (Å²) in [5.41, 5.74) is 1.78. The summed E-state index contributed by atoms with van der Waals surface area (Å²) in [6.45, 7) is 0.667. The minimum atomic E-state index is -4.36. The van der Waals surface area contributed by atoms with Gasteiger partial charge in [0.15, 0.2) is 0 Å². The highest BCUT2D eigenvalue weighted by atomic mass is 19.4. The van der Waals surface area contributed by atoms with E-state index in [-0.39, 0.29) is 6.54 Å². The Hall–Kier alpha value is -2.08. The van der Waals surface area contributed by atoms with Crippen LogP contribution in [0.25, 0.3) is 0 Å². The Balaban J connectivity index is 1.78. The maximum absolute atomic E-state index is 14.5. The van der Waals surface area contributed by atoms with Crippen LogP contribution in [0, 0.1) is 0 Å². The fourth-order valence-corrected chi connectivity index (χ4v) is 2.81. The lowest BCUT2D eigenvalue weighted by Crippen LogP contribution is -2.46. The van der Waals surface area contributed by atoms with Crippen molar-refractivity contribution >= 4 is 5.69 Å². The van der Waals surface area contributed by atoms with E-state index in [1.54, 1.807) is 11.9 Å². The van der Waals surface area contributed by atoms with E-state index in [9.17, 15) is 17.6 Å². The van der Waals surface area contributed by atoms with E-state index in [1.165, 1.54) is 17.0 Å². The predicted octanol–water partition coefficient (Wildman–Crippen LogP) is 4.41. The highest BCUT2D eigenvalue weighted by molar-refractivity contribution is 5.54. The van der Waals surface area contributed by atoms with Crippen molar-refractivity contribution in [3.8, 4) is 0 Å². The summed E-state index contributed by atoms with van der Waals surface area (Å²) in [6.07, 6.45) is -5.67. The summed E-state index contributed by atoms with van der Waals surface area (Å²) < 4.78 is 52.3. The summed E-state index contributed by atoms with van der Waals surface area (Å²) in [6, 6.07) is 12.4. The maximum atomic E-state index is 14.5. The summed E-state index contributed by atoms with van der Waals surface area (Å²) in [7, 11) is 1.67. The van der Waals surface area contributed by atoms with Crippen molar-refractivity contribution in [3.63, 3.8) is 0 Å². The number of hydrogen-bond donors (Lipinski definition) is 0. The Morgan fingerprint density at radius 2 is 1.70 bits per heavy atom. The van der Waals surface area contributed by atoms with Crippen LogP contribution in [0.4, 0.5) is 23.2 Å². The van der Waals surface area contributed by atoms with Crippen molar-refractivity contribution in [2.75, 3.05) is 11.9 Å². The predicted molar refractivity (Wildman–Crippen MR) is 80.4 cm³/mol. The normalized spacial score (nSPS) is 18.8. The molecule has 1 unspecified atom stereocenters. The van der Waals surface area contributed by atoms with Crippen molar-refractivity contribution in [2.24, 2.45) is 0 Å². The molecule has 0 radical (unpaired) electrons. The molecule has 1 atom stereocenters. The first kappa shape index (κ1) is 15.8. The van der Waals surface area contributed by atoms with Crippen LogP contribution in [0.1, 0.15) is 16.7 Å². The van der Waals surface area contributed by atoms with E-state index < -0.39 is 18.2 Å². The van der Waals surface area contributed by atoms with Crippen LogP contribution in [0.3, 0.4) is 0 Å². The number of benzene rings is 2. The molecular weight excluding hydrogens is 308 g/mol. The first-order valence-corrected chi connectivity index (χ1v) is 7.21. The van der Waals surface area contributed by atoms with Crippen LogP contribution in [0.5, 0.6) is 0 Å². The largest absolute Gasteiger partial charge is 0.416 e. The number of para-hydroxylation sites is 1. The Labute approximate surface area is 131 Å². The second kappa shape index (κ2) is 5.85. The Kier molecular flexibility index (Phi) is 4.02. The summed E-state index contributed by atoms with van der Waals surface area (Å²) in [4.78, 5) is 3.12. The van der Waals surface area contributed by atoms with Gasteiger partial charge in [-0.05, 0) is 29.3 Å². The molecule has 1 heterocycles. The number of rotatable bonds is 2. The molecule has 23 heavy (non-hydrogen) atoms. The molecule has 2 nitrogen and oxygen atoms in total. The van der Waals surface area contributed by atoms with Gasteiger partial charge in [0.25, 0.3) is 0 Å². The van der Waals surface area contributed by atoms with Gasteiger partial charge in [0.05, 0.1) is 5.56 Å². The molecule has 2 aromatic rings. The van der Waals surface area contributed by atoms with Gasteiger partial charge in [-0.2, -0.15) is 13.2 Å². The monoisotopic (exact) mass is 324 g/mol. The molecule has 0 saturated heterocycles. The molecule has 1 aliphatic heterocycles. The average Bonchev–Trinajstić information content (AvgIpc) is 2.52. The van der Waals surface area contributed by atoms with Crippen LogP contribution in [-0.4, -0.2) is 18.4 Å². The van der Waals surface area contributed by atoms with Crippen LogP contribution >= 0.6 is 0 Å². The zero-order valence-corrected chi connectivity index (χ0v) is 12.5. The molecule has 2 aromatic carbocycles. The third-order valence-corrected chi connectivity index (χ3v) is 4.03. The van der Waals surface area contributed by atoms with Gasteiger partial charge in [0.1, 0.15) is 0 Å². The van der Waals surface area contributed by atoms with Crippen LogP contribution in [0.15, 0.2) is 48.5 Å². The van der Waals surface area contributed by atoms with Crippen molar-refractivity contribution < 1.29 is 17.6 Å². The van der Waals surface area contributed by atoms with Crippen LogP contribution < -0.4 is 4.90 Å². The molecule has 0 aromatic heterocycles. The topological polar surface area (TPSA) is 6.48 Å². The Bertz CT molecular complexity index is 682. The number of nitrogens with zero attached hydrogens (tertiary/aromatic N) is 2. The first-order valence-electron chi connectivity index (χ1n) is 7.21. The second-order valence-corrected chi connectivity index (χ2v) is 5.65. The standard InChI is InChI=1S/C17H16F4N2/c1-22-15-5-3-2-4-13(15)11-23(16(22)18)10-12-6-8-14(9-7-12)17(19,20)21/h2-9,16H,10-11H2,1H3. The molecule has 0 bridgehead atoms. The minimum absolute atomic E-state index is 0.248. The maximum Gasteiger partial charge on any atom is 0.416 e. The van der Waals surface area contributed by atoms with E-state index in [2.05, 4.69) is 0 Å². The van der Waals surface area contributed by atoms with E-state index in [0.717, 1.165) is 23.4 Å². The fraction of sp³-hybridized carbons (Fsp3) is 0.294. The number of fused-ring (bicyclic) bond motifs is 1. The quantitative estimate of drug-likeness (QED) is 0.596. The second-order valence-electron chi connectivity index (χ2n) is 5.65. The van der Waals surface area contributed by atoms with E-state index >= 15 is 0 Å². The lowest BCUT2D eigenvalue weighted by molar-refractivity contribution is -0.137. The van der Waals surface area contributed by atoms with E-state index in [0.29, 0.717) is 12.1 Å². The molecule has 0 spiro atoms. The van der Waals surface area contributed by atoms with Gasteiger partial charge in [0, 0.05) is 25.8 Å². The number of hydrogen-bond acceptors (Lipinski definition) is 2. The molecular formula is C17H16F4N2. The third-order valence-electron chi connectivity index (χ3n) is 4.03. The van der Waals surface area contributed by atoms with E-state index in [1.807, 2.05) is 24.3 Å². The molecule has 6 heteroatoms. The smallest absolute Gasteiger partial charge is 0.332 e. The molecule has 0 aliphatic carbocycles. The van der Waals surface area contributed by atoms with Crippen molar-refractivity contribution in [2.45, 2.75) is 25.7 Å². The van der Waals surface area contributed by atoms with Gasteiger partial charge in [-0.25, -0.2) is 9.29 Å². The molecule has 0 fully saturated rings. The summed E-state index contributed by atoms with van der Waals surface area (Å²) >= 11 is 0. The zero-order chi connectivity index (χ0) is 16.6. The minimum Gasteiger partial charge on any atom is -0.332 e. The van der Waals surface area contributed by atoms with Gasteiger partial charge in [-0.15, -0.1) is 0 Å². The average molecular weight is 324 g/mol. The van der Waals surface area contributed by atoms with Gasteiger partial charge < -0.3 is 4.90 Å². The van der Waals surface area contributed by atoms with Gasteiger partial charge in [-0.3, -0.25) is 0 Å². The van der Waals surface area contributed by atoms with E-state index in [4.69, 9.17) is 0 Å². The van der Waals surface area contributed by atoms with Gasteiger partial charge in [-0.1, -0.05) is 30.3 Å². The third kappa shape index (κ3) is 3.17. The molecule has 3 rings (SSSR count). The molecule has 0 saturated carbocycles. The van der Waals surface area contributed by atoms with Gasteiger partial charge in [0.2, 0.25) is 6.42 Å².